The number of carbonyl (C=O) groups is 1. The molecule has 0 bridgehead atoms. The van der Waals surface area contributed by atoms with Crippen molar-refractivity contribution in [1.82, 2.24) is 5.32 Å². The molecule has 0 unspecified atom stereocenters. The van der Waals surface area contributed by atoms with E-state index < -0.39 is 33.5 Å². The predicted octanol–water partition coefficient (Wildman–Crippen LogP) is 0.0137. The van der Waals surface area contributed by atoms with Crippen molar-refractivity contribution in [1.29, 1.82) is 0 Å². The third kappa shape index (κ3) is 3.73. The predicted molar refractivity (Wildman–Crippen MR) is 93.8 cm³/mol. The summed E-state index contributed by atoms with van der Waals surface area (Å²) in [5.74, 6) is -1.12. The highest BCUT2D eigenvalue weighted by Crippen LogP contribution is 2.24. The van der Waals surface area contributed by atoms with E-state index in [1.165, 1.54) is 12.1 Å². The number of sulfone groups is 1. The van der Waals surface area contributed by atoms with Gasteiger partial charge in [0.1, 0.15) is 11.3 Å². The van der Waals surface area contributed by atoms with Gasteiger partial charge in [-0.05, 0) is 31.0 Å². The van der Waals surface area contributed by atoms with Gasteiger partial charge in [0.15, 0.2) is 9.84 Å². The molecule has 3 N–H and O–H groups in total. The maximum Gasteiger partial charge on any atom is 0.339 e. The molecule has 2 atom stereocenters. The molecule has 1 saturated heterocycles. The van der Waals surface area contributed by atoms with E-state index in [9.17, 15) is 28.2 Å². The summed E-state index contributed by atoms with van der Waals surface area (Å²) in [5, 5.41) is 22.3. The SMILES string of the molecule is Cc1c(CCC(=O)N[C@@H]2CS(=O)(=O)C[C@H]2O)c(=O)oc2cc(O)ccc12. The van der Waals surface area contributed by atoms with Gasteiger partial charge in [-0.25, -0.2) is 13.2 Å². The van der Waals surface area contributed by atoms with Gasteiger partial charge < -0.3 is 19.9 Å². The van der Waals surface area contributed by atoms with Crippen LogP contribution < -0.4 is 10.9 Å². The number of aryl methyl sites for hydroxylation is 1. The highest BCUT2D eigenvalue weighted by atomic mass is 32.2. The summed E-state index contributed by atoms with van der Waals surface area (Å²) in [4.78, 5) is 24.2. The standard InChI is InChI=1S/C17H19NO7S/c1-9-11-3-2-10(19)6-15(11)25-17(22)12(9)4-5-16(21)18-13-7-26(23,24)8-14(13)20/h2-3,6,13-14,19-20H,4-5,7-8H2,1H3,(H,18,21)/t13-,14-/m1/s1. The van der Waals surface area contributed by atoms with Gasteiger partial charge in [0.2, 0.25) is 5.91 Å². The average Bonchev–Trinajstić information content (AvgIpc) is 2.78. The monoisotopic (exact) mass is 381 g/mol. The third-order valence-electron chi connectivity index (χ3n) is 4.54. The Balaban J connectivity index is 1.73. The molecular weight excluding hydrogens is 362 g/mol. The van der Waals surface area contributed by atoms with E-state index in [-0.39, 0.29) is 35.7 Å². The van der Waals surface area contributed by atoms with Crippen LogP contribution in [0.1, 0.15) is 17.5 Å². The highest BCUT2D eigenvalue weighted by Gasteiger charge is 2.37. The molecule has 0 aliphatic carbocycles. The molecule has 2 heterocycles. The van der Waals surface area contributed by atoms with Gasteiger partial charge in [-0.2, -0.15) is 0 Å². The first-order chi connectivity index (χ1) is 12.2. The van der Waals surface area contributed by atoms with Crippen molar-refractivity contribution in [3.05, 3.63) is 39.7 Å². The zero-order valence-electron chi connectivity index (χ0n) is 14.1. The van der Waals surface area contributed by atoms with Gasteiger partial charge in [0, 0.05) is 23.4 Å². The van der Waals surface area contributed by atoms with E-state index in [4.69, 9.17) is 4.42 Å². The third-order valence-corrected chi connectivity index (χ3v) is 6.26. The van der Waals surface area contributed by atoms with Crippen molar-refractivity contribution in [2.75, 3.05) is 11.5 Å². The van der Waals surface area contributed by atoms with Gasteiger partial charge >= 0.3 is 5.63 Å². The van der Waals surface area contributed by atoms with Crippen LogP contribution in [0.15, 0.2) is 27.4 Å². The number of hydrogen-bond acceptors (Lipinski definition) is 7. The maximum atomic E-state index is 12.2. The molecule has 8 nitrogen and oxygen atoms in total. The molecule has 9 heteroatoms. The molecule has 0 radical (unpaired) electrons. The van der Waals surface area contributed by atoms with Gasteiger partial charge in [-0.1, -0.05) is 0 Å². The topological polar surface area (TPSA) is 134 Å². The number of nitrogens with one attached hydrogen (secondary N) is 1. The molecule has 1 amide bonds. The molecule has 1 aliphatic heterocycles. The zero-order chi connectivity index (χ0) is 19.1. The number of carbonyl (C=O) groups excluding carboxylic acids is 1. The Morgan fingerprint density at radius 1 is 1.35 bits per heavy atom. The van der Waals surface area contributed by atoms with E-state index in [1.54, 1.807) is 13.0 Å². The molecule has 1 aliphatic rings. The number of benzene rings is 1. The maximum absolute atomic E-state index is 12.2. The average molecular weight is 381 g/mol. The summed E-state index contributed by atoms with van der Waals surface area (Å²) in [6.07, 6.45) is -1.05. The molecule has 0 saturated carbocycles. The first-order valence-corrected chi connectivity index (χ1v) is 9.91. The fourth-order valence-electron chi connectivity index (χ4n) is 3.16. The second-order valence-corrected chi connectivity index (χ2v) is 8.65. The fourth-order valence-corrected chi connectivity index (χ4v) is 4.90. The first-order valence-electron chi connectivity index (χ1n) is 8.09. The van der Waals surface area contributed by atoms with Crippen molar-refractivity contribution in [3.63, 3.8) is 0 Å². The Labute approximate surface area is 149 Å². The summed E-state index contributed by atoms with van der Waals surface area (Å²) in [7, 11) is -3.35. The molecule has 1 aromatic heterocycles. The van der Waals surface area contributed by atoms with Gasteiger partial charge in [0.25, 0.3) is 0 Å². The Hall–Kier alpha value is -2.39. The summed E-state index contributed by atoms with van der Waals surface area (Å²) < 4.78 is 28.1. The van der Waals surface area contributed by atoms with Crippen LogP contribution >= 0.6 is 0 Å². The number of fused-ring (bicyclic) bond motifs is 1. The lowest BCUT2D eigenvalue weighted by atomic mass is 10.0. The van der Waals surface area contributed by atoms with Crippen LogP contribution in [0.25, 0.3) is 11.0 Å². The lowest BCUT2D eigenvalue weighted by molar-refractivity contribution is -0.122. The molecule has 26 heavy (non-hydrogen) atoms. The van der Waals surface area contributed by atoms with Crippen LogP contribution in [0.5, 0.6) is 5.75 Å². The first kappa shape index (κ1) is 18.4. The van der Waals surface area contributed by atoms with Crippen molar-refractivity contribution < 1.29 is 27.8 Å². The van der Waals surface area contributed by atoms with Crippen LogP contribution in [0.4, 0.5) is 0 Å². The molecule has 1 aromatic carbocycles. The number of amides is 1. The van der Waals surface area contributed by atoms with Gasteiger partial charge in [0.05, 0.1) is 23.7 Å². The Bertz CT molecular complexity index is 1030. The smallest absolute Gasteiger partial charge is 0.339 e. The second-order valence-electron chi connectivity index (χ2n) is 6.49. The quantitative estimate of drug-likeness (QED) is 0.635. The van der Waals surface area contributed by atoms with Crippen molar-refractivity contribution >= 4 is 26.7 Å². The lowest BCUT2D eigenvalue weighted by Crippen LogP contribution is -2.42. The molecular formula is C17H19NO7S. The number of aliphatic hydroxyl groups excluding tert-OH is 1. The molecule has 1 fully saturated rings. The minimum atomic E-state index is -3.35. The van der Waals surface area contributed by atoms with E-state index in [0.717, 1.165) is 0 Å². The van der Waals surface area contributed by atoms with Crippen LogP contribution in [0.2, 0.25) is 0 Å². The van der Waals surface area contributed by atoms with Crippen molar-refractivity contribution in [2.45, 2.75) is 31.9 Å². The largest absolute Gasteiger partial charge is 0.508 e. The van der Waals surface area contributed by atoms with E-state index >= 15 is 0 Å². The van der Waals surface area contributed by atoms with E-state index in [0.29, 0.717) is 16.5 Å². The Kier molecular flexibility index (Phi) is 4.76. The summed E-state index contributed by atoms with van der Waals surface area (Å²) >= 11 is 0. The van der Waals surface area contributed by atoms with Crippen LogP contribution in [0.3, 0.4) is 0 Å². The number of phenols is 1. The fraction of sp³-hybridized carbons (Fsp3) is 0.412. The minimum Gasteiger partial charge on any atom is -0.508 e. The zero-order valence-corrected chi connectivity index (χ0v) is 14.9. The number of aromatic hydroxyl groups is 1. The number of phenolic OH excluding ortho intramolecular Hbond substituents is 1. The lowest BCUT2D eigenvalue weighted by Gasteiger charge is -2.15. The molecule has 2 aromatic rings. The van der Waals surface area contributed by atoms with E-state index in [2.05, 4.69) is 5.32 Å². The van der Waals surface area contributed by atoms with Crippen LogP contribution in [-0.2, 0) is 21.1 Å². The number of aliphatic hydroxyl groups is 1. The molecule has 0 spiro atoms. The highest BCUT2D eigenvalue weighted by molar-refractivity contribution is 7.91. The normalized spacial score (nSPS) is 21.8. The van der Waals surface area contributed by atoms with Crippen molar-refractivity contribution in [2.24, 2.45) is 0 Å². The van der Waals surface area contributed by atoms with Crippen LogP contribution in [-0.4, -0.2) is 48.2 Å². The Morgan fingerprint density at radius 2 is 2.08 bits per heavy atom. The minimum absolute atomic E-state index is 0.0164. The second kappa shape index (κ2) is 6.73. The summed E-state index contributed by atoms with van der Waals surface area (Å²) in [5.41, 5.74) is 0.683. The van der Waals surface area contributed by atoms with Gasteiger partial charge in [-0.3, -0.25) is 4.79 Å². The van der Waals surface area contributed by atoms with Gasteiger partial charge in [-0.15, -0.1) is 0 Å². The summed E-state index contributed by atoms with van der Waals surface area (Å²) in [6.45, 7) is 1.73. The van der Waals surface area contributed by atoms with Crippen LogP contribution in [0, 0.1) is 6.92 Å². The molecule has 3 rings (SSSR count). The summed E-state index contributed by atoms with van der Waals surface area (Å²) in [6, 6.07) is 3.63. The number of hydrogen-bond donors (Lipinski definition) is 3. The van der Waals surface area contributed by atoms with Crippen molar-refractivity contribution in [3.8, 4) is 5.75 Å². The number of rotatable bonds is 4. The van der Waals surface area contributed by atoms with E-state index in [1.807, 2.05) is 0 Å². The Morgan fingerprint density at radius 3 is 2.73 bits per heavy atom. The molecule has 140 valence electrons.